The van der Waals surface area contributed by atoms with Crippen molar-refractivity contribution in [3.05, 3.63) is 35.4 Å². The molecule has 1 aromatic carbocycles. The Hall–Kier alpha value is -1.00. The molecule has 118 valence electrons. The van der Waals surface area contributed by atoms with Gasteiger partial charge in [0.05, 0.1) is 5.75 Å². The van der Waals surface area contributed by atoms with Gasteiger partial charge in [0.25, 0.3) is 0 Å². The molecule has 0 aliphatic heterocycles. The number of hydrogen-bond acceptors (Lipinski definition) is 4. The van der Waals surface area contributed by atoms with Gasteiger partial charge in [-0.3, -0.25) is 4.79 Å². The maximum absolute atomic E-state index is 11.7. The van der Waals surface area contributed by atoms with E-state index in [1.807, 2.05) is 20.8 Å². The smallest absolute Gasteiger partial charge is 0.316 e. The van der Waals surface area contributed by atoms with E-state index in [0.29, 0.717) is 5.75 Å². The van der Waals surface area contributed by atoms with E-state index >= 15 is 0 Å². The molecule has 1 atom stereocenters. The Labute approximate surface area is 132 Å². The molecule has 0 fully saturated rings. The fourth-order valence-corrected chi connectivity index (χ4v) is 2.93. The molecule has 0 heterocycles. The highest BCUT2D eigenvalue weighted by atomic mass is 32.2. The Morgan fingerprint density at radius 1 is 1.38 bits per heavy atom. The fourth-order valence-electron chi connectivity index (χ4n) is 2.04. The predicted octanol–water partition coefficient (Wildman–Crippen LogP) is 3.72. The summed E-state index contributed by atoms with van der Waals surface area (Å²) in [6.07, 6.45) is 0. The van der Waals surface area contributed by atoms with Crippen LogP contribution in [-0.4, -0.2) is 29.6 Å². The molecule has 21 heavy (non-hydrogen) atoms. The molecule has 0 radical (unpaired) electrons. The highest BCUT2D eigenvalue weighted by Crippen LogP contribution is 2.20. The first kappa shape index (κ1) is 18.1. The molecule has 1 N–H and O–H groups in total. The van der Waals surface area contributed by atoms with Crippen LogP contribution in [0.4, 0.5) is 0 Å². The van der Waals surface area contributed by atoms with E-state index in [4.69, 9.17) is 4.74 Å². The number of hydrogen-bond donors (Lipinski definition) is 1. The van der Waals surface area contributed by atoms with Gasteiger partial charge in [0, 0.05) is 11.8 Å². The van der Waals surface area contributed by atoms with Gasteiger partial charge in [-0.2, -0.15) is 0 Å². The number of thioether (sulfide) groups is 1. The summed E-state index contributed by atoms with van der Waals surface area (Å²) in [5.74, 6) is 1.11. The number of benzene rings is 1. The number of nitrogens with one attached hydrogen (secondary N) is 1. The van der Waals surface area contributed by atoms with Crippen LogP contribution in [0, 0.1) is 6.92 Å². The summed E-state index contributed by atoms with van der Waals surface area (Å²) in [6, 6.07) is 8.77. The van der Waals surface area contributed by atoms with Crippen LogP contribution in [0.2, 0.25) is 0 Å². The maximum Gasteiger partial charge on any atom is 0.316 e. The normalized spacial score (nSPS) is 13.0. The van der Waals surface area contributed by atoms with Crippen molar-refractivity contribution in [3.8, 4) is 0 Å². The number of aryl methyl sites for hydroxylation is 1. The summed E-state index contributed by atoms with van der Waals surface area (Å²) in [5.41, 5.74) is 2.12. The topological polar surface area (TPSA) is 38.3 Å². The Morgan fingerprint density at radius 3 is 2.67 bits per heavy atom. The highest BCUT2D eigenvalue weighted by Gasteiger charge is 2.17. The second-order valence-corrected chi connectivity index (χ2v) is 7.16. The summed E-state index contributed by atoms with van der Waals surface area (Å²) < 4.78 is 5.32. The van der Waals surface area contributed by atoms with Crippen LogP contribution in [0.3, 0.4) is 0 Å². The van der Waals surface area contributed by atoms with Crippen LogP contribution in [0.15, 0.2) is 24.3 Å². The standard InChI is InChI=1S/C17H27NO2S/c1-6-18-15(14-9-7-8-13(2)10-14)11-21-12-16(19)20-17(3,4)5/h7-10,15,18H,6,11-12H2,1-5H3. The van der Waals surface area contributed by atoms with E-state index in [9.17, 15) is 4.79 Å². The van der Waals surface area contributed by atoms with Crippen molar-refractivity contribution in [2.24, 2.45) is 0 Å². The molecule has 0 spiro atoms. The average Bonchev–Trinajstić information content (AvgIpc) is 2.35. The van der Waals surface area contributed by atoms with Crippen molar-refractivity contribution < 1.29 is 9.53 Å². The molecule has 0 aliphatic rings. The zero-order valence-corrected chi connectivity index (χ0v) is 14.5. The third-order valence-corrected chi connectivity index (χ3v) is 3.83. The van der Waals surface area contributed by atoms with Crippen LogP contribution >= 0.6 is 11.8 Å². The molecule has 4 heteroatoms. The van der Waals surface area contributed by atoms with Gasteiger partial charge in [0.1, 0.15) is 5.60 Å². The second kappa shape index (κ2) is 8.44. The molecular weight excluding hydrogens is 282 g/mol. The fraction of sp³-hybridized carbons (Fsp3) is 0.588. The lowest BCUT2D eigenvalue weighted by Crippen LogP contribution is -2.26. The molecule has 0 saturated carbocycles. The monoisotopic (exact) mass is 309 g/mol. The summed E-state index contributed by atoms with van der Waals surface area (Å²) in [4.78, 5) is 11.7. The summed E-state index contributed by atoms with van der Waals surface area (Å²) in [7, 11) is 0. The Morgan fingerprint density at radius 2 is 2.10 bits per heavy atom. The molecule has 0 amide bonds. The van der Waals surface area contributed by atoms with E-state index in [2.05, 4.69) is 43.4 Å². The predicted molar refractivity (Wildman–Crippen MR) is 90.8 cm³/mol. The van der Waals surface area contributed by atoms with E-state index in [-0.39, 0.29) is 12.0 Å². The van der Waals surface area contributed by atoms with Gasteiger partial charge in [-0.1, -0.05) is 36.8 Å². The lowest BCUT2D eigenvalue weighted by Gasteiger charge is -2.21. The van der Waals surface area contributed by atoms with Gasteiger partial charge >= 0.3 is 5.97 Å². The molecule has 0 saturated heterocycles. The summed E-state index contributed by atoms with van der Waals surface area (Å²) in [6.45, 7) is 10.8. The molecular formula is C17H27NO2S. The van der Waals surface area contributed by atoms with Crippen molar-refractivity contribution in [3.63, 3.8) is 0 Å². The van der Waals surface area contributed by atoms with E-state index in [0.717, 1.165) is 12.3 Å². The first-order chi connectivity index (χ1) is 9.81. The second-order valence-electron chi connectivity index (χ2n) is 6.13. The number of esters is 1. The largest absolute Gasteiger partial charge is 0.459 e. The minimum Gasteiger partial charge on any atom is -0.459 e. The first-order valence-electron chi connectivity index (χ1n) is 7.41. The van der Waals surface area contributed by atoms with Gasteiger partial charge in [0.15, 0.2) is 0 Å². The highest BCUT2D eigenvalue weighted by molar-refractivity contribution is 7.99. The van der Waals surface area contributed by atoms with Crippen LogP contribution in [-0.2, 0) is 9.53 Å². The zero-order valence-electron chi connectivity index (χ0n) is 13.7. The van der Waals surface area contributed by atoms with E-state index in [1.54, 1.807) is 11.8 Å². The first-order valence-corrected chi connectivity index (χ1v) is 8.57. The Balaban J connectivity index is 2.51. The van der Waals surface area contributed by atoms with Crippen molar-refractivity contribution in [2.75, 3.05) is 18.1 Å². The van der Waals surface area contributed by atoms with Crippen LogP contribution < -0.4 is 5.32 Å². The van der Waals surface area contributed by atoms with Crippen LogP contribution in [0.1, 0.15) is 44.9 Å². The van der Waals surface area contributed by atoms with Gasteiger partial charge in [0.2, 0.25) is 0 Å². The number of carbonyl (C=O) groups excluding carboxylic acids is 1. The number of ether oxygens (including phenoxy) is 1. The van der Waals surface area contributed by atoms with Crippen molar-refractivity contribution >= 4 is 17.7 Å². The molecule has 0 bridgehead atoms. The molecule has 1 unspecified atom stereocenters. The summed E-state index contributed by atoms with van der Waals surface area (Å²) in [5, 5.41) is 3.48. The minimum atomic E-state index is -0.407. The van der Waals surface area contributed by atoms with Crippen molar-refractivity contribution in [2.45, 2.75) is 46.3 Å². The van der Waals surface area contributed by atoms with Crippen molar-refractivity contribution in [1.82, 2.24) is 5.32 Å². The molecule has 1 rings (SSSR count). The number of carbonyl (C=O) groups is 1. The average molecular weight is 309 g/mol. The van der Waals surface area contributed by atoms with E-state index < -0.39 is 5.60 Å². The zero-order chi connectivity index (χ0) is 15.9. The third kappa shape index (κ3) is 7.53. The third-order valence-electron chi connectivity index (χ3n) is 2.82. The SMILES string of the molecule is CCNC(CSCC(=O)OC(C)(C)C)c1cccc(C)c1. The van der Waals surface area contributed by atoms with Crippen molar-refractivity contribution in [1.29, 1.82) is 0 Å². The number of rotatable bonds is 7. The molecule has 3 nitrogen and oxygen atoms in total. The van der Waals surface area contributed by atoms with Gasteiger partial charge in [-0.25, -0.2) is 0 Å². The van der Waals surface area contributed by atoms with Gasteiger partial charge in [-0.15, -0.1) is 11.8 Å². The minimum absolute atomic E-state index is 0.146. The lowest BCUT2D eigenvalue weighted by molar-refractivity contribution is -0.151. The van der Waals surface area contributed by atoms with Crippen LogP contribution in [0.25, 0.3) is 0 Å². The maximum atomic E-state index is 11.7. The van der Waals surface area contributed by atoms with Crippen LogP contribution in [0.5, 0.6) is 0 Å². The summed E-state index contributed by atoms with van der Waals surface area (Å²) >= 11 is 1.61. The molecule has 0 aromatic heterocycles. The Kier molecular flexibility index (Phi) is 7.26. The lowest BCUT2D eigenvalue weighted by atomic mass is 10.1. The quantitative estimate of drug-likeness (QED) is 0.779. The molecule has 1 aromatic rings. The molecule has 0 aliphatic carbocycles. The van der Waals surface area contributed by atoms with E-state index in [1.165, 1.54) is 11.1 Å². The van der Waals surface area contributed by atoms with Gasteiger partial charge < -0.3 is 10.1 Å². The Bertz CT molecular complexity index is 454. The van der Waals surface area contributed by atoms with Gasteiger partial charge in [-0.05, 0) is 39.8 Å².